The molecule has 1 unspecified atom stereocenters. The molecule has 1 atom stereocenters. The molecule has 0 spiro atoms. The van der Waals surface area contributed by atoms with Gasteiger partial charge in [-0.25, -0.2) is 0 Å². The zero-order valence-electron chi connectivity index (χ0n) is 20.6. The van der Waals surface area contributed by atoms with E-state index in [9.17, 15) is 9.90 Å². The molecule has 7 nitrogen and oxygen atoms in total. The second kappa shape index (κ2) is 10.7. The summed E-state index contributed by atoms with van der Waals surface area (Å²) in [5.74, 6) is -0.634. The fourth-order valence-corrected chi connectivity index (χ4v) is 5.81. The Hall–Kier alpha value is -3.42. The van der Waals surface area contributed by atoms with Gasteiger partial charge in [0.1, 0.15) is 11.9 Å². The highest BCUT2D eigenvalue weighted by Crippen LogP contribution is 2.25. The Bertz CT molecular complexity index is 1210. The Morgan fingerprint density at radius 2 is 1.58 bits per heavy atom. The highest BCUT2D eigenvalue weighted by atomic mass is 16.4. The Labute approximate surface area is 212 Å². The number of nitrogens with one attached hydrogen (secondary N) is 1. The summed E-state index contributed by atoms with van der Waals surface area (Å²) in [6.45, 7) is 5.60. The molecule has 4 N–H and O–H groups in total. The average Bonchev–Trinajstić information content (AvgIpc) is 2.92. The molecule has 0 aliphatic carbocycles. The van der Waals surface area contributed by atoms with Gasteiger partial charge in [0.05, 0.1) is 0 Å². The second-order valence-corrected chi connectivity index (χ2v) is 9.95. The van der Waals surface area contributed by atoms with Crippen LogP contribution in [0.25, 0.3) is 10.8 Å². The van der Waals surface area contributed by atoms with Crippen LogP contribution >= 0.6 is 0 Å². The van der Waals surface area contributed by atoms with Crippen LogP contribution in [0.4, 0.5) is 5.69 Å². The highest BCUT2D eigenvalue weighted by Gasteiger charge is 2.33. The van der Waals surface area contributed by atoms with Gasteiger partial charge in [0, 0.05) is 56.6 Å². The van der Waals surface area contributed by atoms with Crippen molar-refractivity contribution >= 4 is 28.3 Å². The first-order chi connectivity index (χ1) is 17.5. The molecule has 0 aromatic heterocycles. The predicted octanol–water partition coefficient (Wildman–Crippen LogP) is 3.41. The normalized spacial score (nSPS) is 18.8. The van der Waals surface area contributed by atoms with Gasteiger partial charge in [-0.1, -0.05) is 42.5 Å². The van der Waals surface area contributed by atoms with Gasteiger partial charge >= 0.3 is 5.97 Å². The summed E-state index contributed by atoms with van der Waals surface area (Å²) < 4.78 is 0. The first-order valence-corrected chi connectivity index (χ1v) is 12.9. The molecule has 188 valence electrons. The number of nitrogens with two attached hydrogens (primary N) is 1. The van der Waals surface area contributed by atoms with Crippen LogP contribution in [0.5, 0.6) is 0 Å². The first-order valence-electron chi connectivity index (χ1n) is 12.9. The van der Waals surface area contributed by atoms with Crippen LogP contribution in [-0.2, 0) is 11.2 Å². The van der Waals surface area contributed by atoms with E-state index < -0.39 is 12.0 Å². The molecular formula is C29H35N5O2. The fraction of sp³-hybridized carbons (Fsp3) is 0.379. The number of amidine groups is 1. The standard InChI is InChI=1S/C29H35N5O2/c30-28(31)22-8-10-24(11-9-22)32-16-18-33(19-17-32)25-12-14-34(15-13-25)27(29(35)36)20-23-6-3-5-21-4-1-2-7-26(21)23/h1-11,25,27H,12-20H2,(H3,30,31)(H,35,36). The molecule has 2 aliphatic heterocycles. The molecule has 3 aromatic rings. The summed E-state index contributed by atoms with van der Waals surface area (Å²) in [6.07, 6.45) is 2.54. The molecule has 0 amide bonds. The Morgan fingerprint density at radius 3 is 2.25 bits per heavy atom. The maximum absolute atomic E-state index is 12.3. The topological polar surface area (TPSA) is 96.9 Å². The molecule has 5 rings (SSSR count). The Kier molecular flexibility index (Phi) is 7.20. The number of aliphatic carboxylic acids is 1. The van der Waals surface area contributed by atoms with Crippen molar-refractivity contribution in [2.75, 3.05) is 44.2 Å². The third-order valence-corrected chi connectivity index (χ3v) is 7.89. The monoisotopic (exact) mass is 485 g/mol. The number of hydrogen-bond acceptors (Lipinski definition) is 5. The fourth-order valence-electron chi connectivity index (χ4n) is 5.81. The average molecular weight is 486 g/mol. The minimum absolute atomic E-state index is 0.0972. The summed E-state index contributed by atoms with van der Waals surface area (Å²) >= 11 is 0. The summed E-state index contributed by atoms with van der Waals surface area (Å²) in [4.78, 5) is 19.4. The summed E-state index contributed by atoms with van der Waals surface area (Å²) in [5.41, 5.74) is 8.61. The summed E-state index contributed by atoms with van der Waals surface area (Å²) in [5, 5.41) is 20.0. The van der Waals surface area contributed by atoms with Crippen LogP contribution in [0.1, 0.15) is 24.0 Å². The number of benzene rings is 3. The van der Waals surface area contributed by atoms with E-state index >= 15 is 0 Å². The van der Waals surface area contributed by atoms with Crippen molar-refractivity contribution in [3.05, 3.63) is 77.9 Å². The van der Waals surface area contributed by atoms with Crippen LogP contribution in [0.3, 0.4) is 0 Å². The zero-order valence-corrected chi connectivity index (χ0v) is 20.6. The van der Waals surface area contributed by atoms with Crippen molar-refractivity contribution in [3.8, 4) is 0 Å². The number of anilines is 1. The molecule has 2 fully saturated rings. The number of carboxylic acids is 1. The summed E-state index contributed by atoms with van der Waals surface area (Å²) in [7, 11) is 0. The van der Waals surface area contributed by atoms with E-state index in [4.69, 9.17) is 11.1 Å². The zero-order chi connectivity index (χ0) is 25.1. The molecule has 0 bridgehead atoms. The minimum atomic E-state index is -0.731. The Balaban J connectivity index is 1.16. The molecule has 0 saturated carbocycles. The predicted molar refractivity (Wildman–Crippen MR) is 145 cm³/mol. The lowest BCUT2D eigenvalue weighted by atomic mass is 9.95. The van der Waals surface area contributed by atoms with Gasteiger partial charge in [-0.2, -0.15) is 0 Å². The number of nitrogen functional groups attached to an aromatic ring is 1. The molecule has 2 saturated heterocycles. The maximum atomic E-state index is 12.3. The van der Waals surface area contributed by atoms with Crippen LogP contribution in [0.15, 0.2) is 66.7 Å². The number of piperidine rings is 1. The van der Waals surface area contributed by atoms with Crippen LogP contribution in [-0.4, -0.2) is 78.1 Å². The maximum Gasteiger partial charge on any atom is 0.321 e. The second-order valence-electron chi connectivity index (χ2n) is 9.95. The van der Waals surface area contributed by atoms with Gasteiger partial charge in [-0.3, -0.25) is 20.0 Å². The van der Waals surface area contributed by atoms with Gasteiger partial charge in [0.2, 0.25) is 0 Å². The molecule has 0 radical (unpaired) electrons. The van der Waals surface area contributed by atoms with E-state index in [1.54, 1.807) is 0 Å². The number of likely N-dealkylation sites (tertiary alicyclic amines) is 1. The molecular weight excluding hydrogens is 450 g/mol. The van der Waals surface area contributed by atoms with Crippen LogP contribution in [0.2, 0.25) is 0 Å². The quantitative estimate of drug-likeness (QED) is 0.351. The van der Waals surface area contributed by atoms with Crippen molar-refractivity contribution in [1.82, 2.24) is 9.80 Å². The van der Waals surface area contributed by atoms with E-state index in [-0.39, 0.29) is 5.84 Å². The number of fused-ring (bicyclic) bond motifs is 1. The van der Waals surface area contributed by atoms with E-state index in [0.717, 1.165) is 74.0 Å². The van der Waals surface area contributed by atoms with E-state index in [0.29, 0.717) is 12.5 Å². The van der Waals surface area contributed by atoms with Gasteiger partial charge < -0.3 is 15.7 Å². The van der Waals surface area contributed by atoms with Crippen molar-refractivity contribution in [3.63, 3.8) is 0 Å². The van der Waals surface area contributed by atoms with Crippen molar-refractivity contribution in [2.45, 2.75) is 31.3 Å². The van der Waals surface area contributed by atoms with Gasteiger partial charge in [-0.15, -0.1) is 0 Å². The number of rotatable bonds is 7. The molecule has 7 heteroatoms. The van der Waals surface area contributed by atoms with Gasteiger partial charge in [0.15, 0.2) is 0 Å². The lowest BCUT2D eigenvalue weighted by Crippen LogP contribution is -2.55. The van der Waals surface area contributed by atoms with Crippen molar-refractivity contribution in [1.29, 1.82) is 5.41 Å². The lowest BCUT2D eigenvalue weighted by molar-refractivity contribution is -0.144. The number of carbonyl (C=O) groups is 1. The molecule has 3 aromatic carbocycles. The first kappa shape index (κ1) is 24.3. The molecule has 2 heterocycles. The van der Waals surface area contributed by atoms with Crippen LogP contribution in [0, 0.1) is 5.41 Å². The molecule has 2 aliphatic rings. The third kappa shape index (κ3) is 5.22. The number of piperazine rings is 1. The van der Waals surface area contributed by atoms with Crippen molar-refractivity contribution < 1.29 is 9.90 Å². The summed E-state index contributed by atoms with van der Waals surface area (Å²) in [6, 6.07) is 22.3. The smallest absolute Gasteiger partial charge is 0.321 e. The number of carboxylic acid groups (broad SMARTS) is 1. The van der Waals surface area contributed by atoms with Crippen molar-refractivity contribution in [2.24, 2.45) is 5.73 Å². The van der Waals surface area contributed by atoms with E-state index in [1.807, 2.05) is 42.5 Å². The minimum Gasteiger partial charge on any atom is -0.480 e. The van der Waals surface area contributed by atoms with Crippen LogP contribution < -0.4 is 10.6 Å². The third-order valence-electron chi connectivity index (χ3n) is 7.89. The van der Waals surface area contributed by atoms with Gasteiger partial charge in [0.25, 0.3) is 0 Å². The SMILES string of the molecule is N=C(N)c1ccc(N2CCN(C3CCN(C(Cc4cccc5ccccc45)C(=O)O)CC3)CC2)cc1. The number of hydrogen-bond donors (Lipinski definition) is 3. The lowest BCUT2D eigenvalue weighted by Gasteiger charge is -2.44. The Morgan fingerprint density at radius 1 is 0.917 bits per heavy atom. The largest absolute Gasteiger partial charge is 0.480 e. The molecule has 36 heavy (non-hydrogen) atoms. The van der Waals surface area contributed by atoms with E-state index in [1.165, 1.54) is 5.69 Å². The van der Waals surface area contributed by atoms with Gasteiger partial charge in [-0.05, 0) is 59.9 Å². The van der Waals surface area contributed by atoms with E-state index in [2.05, 4.69) is 39.0 Å². The number of nitrogens with zero attached hydrogens (tertiary/aromatic N) is 3. The highest BCUT2D eigenvalue weighted by molar-refractivity contribution is 5.95.